The minimum atomic E-state index is -0.254. The lowest BCUT2D eigenvalue weighted by molar-refractivity contribution is -0.151. The van der Waals surface area contributed by atoms with Gasteiger partial charge in [-0.2, -0.15) is 0 Å². The van der Waals surface area contributed by atoms with Gasteiger partial charge in [0, 0.05) is 45.3 Å². The van der Waals surface area contributed by atoms with Crippen molar-refractivity contribution in [2.24, 2.45) is 5.92 Å². The number of anilines is 2. The van der Waals surface area contributed by atoms with Crippen molar-refractivity contribution in [1.82, 2.24) is 14.9 Å². The summed E-state index contributed by atoms with van der Waals surface area (Å²) in [5.74, 6) is 0.420. The van der Waals surface area contributed by atoms with Crippen LogP contribution in [0, 0.1) is 5.92 Å². The molecule has 3 heterocycles. The van der Waals surface area contributed by atoms with Gasteiger partial charge >= 0.3 is 5.97 Å². The van der Waals surface area contributed by atoms with Gasteiger partial charge in [0.2, 0.25) is 5.91 Å². The van der Waals surface area contributed by atoms with Crippen LogP contribution in [-0.2, 0) is 14.3 Å². The molecule has 2 aliphatic rings. The Morgan fingerprint density at radius 3 is 2.57 bits per heavy atom. The van der Waals surface area contributed by atoms with Gasteiger partial charge in [-0.05, 0) is 31.9 Å². The highest BCUT2D eigenvalue weighted by atomic mass is 35.5. The molecule has 0 N–H and O–H groups in total. The molecule has 1 aromatic heterocycles. The van der Waals surface area contributed by atoms with Crippen LogP contribution in [0.3, 0.4) is 0 Å². The molecule has 1 aromatic carbocycles. The van der Waals surface area contributed by atoms with Crippen molar-refractivity contribution in [3.63, 3.8) is 0 Å². The van der Waals surface area contributed by atoms with Gasteiger partial charge in [-0.25, -0.2) is 9.97 Å². The number of carbonyl (C=O) groups is 2. The van der Waals surface area contributed by atoms with Crippen molar-refractivity contribution >= 4 is 58.3 Å². The first-order valence-corrected chi connectivity index (χ1v) is 13.5. The van der Waals surface area contributed by atoms with Crippen LogP contribution in [0.4, 0.5) is 11.5 Å². The highest BCUT2D eigenvalue weighted by Gasteiger charge is 2.29. The van der Waals surface area contributed by atoms with Gasteiger partial charge in [0.15, 0.2) is 5.16 Å². The number of piperazine rings is 1. The van der Waals surface area contributed by atoms with Crippen LogP contribution in [-0.4, -0.2) is 78.4 Å². The van der Waals surface area contributed by atoms with Crippen molar-refractivity contribution in [3.05, 3.63) is 40.5 Å². The van der Waals surface area contributed by atoms with Crippen LogP contribution in [0.25, 0.3) is 0 Å². The quantitative estimate of drug-likeness (QED) is 0.227. The van der Waals surface area contributed by atoms with E-state index in [-0.39, 0.29) is 23.5 Å². The van der Waals surface area contributed by atoms with Gasteiger partial charge in [0.05, 0.1) is 29.0 Å². The minimum Gasteiger partial charge on any atom is -0.466 e. The van der Waals surface area contributed by atoms with E-state index in [0.29, 0.717) is 30.0 Å². The second kappa shape index (κ2) is 12.1. The predicted molar refractivity (Wildman–Crippen MR) is 140 cm³/mol. The highest BCUT2D eigenvalue weighted by Crippen LogP contribution is 2.28. The Morgan fingerprint density at radius 1 is 1.09 bits per heavy atom. The molecule has 8 nitrogen and oxygen atoms in total. The van der Waals surface area contributed by atoms with E-state index >= 15 is 0 Å². The first-order chi connectivity index (χ1) is 16.9. The number of esters is 1. The second-order valence-electron chi connectivity index (χ2n) is 8.48. The second-order valence-corrected chi connectivity index (χ2v) is 10.2. The smallest absolute Gasteiger partial charge is 0.310 e. The summed E-state index contributed by atoms with van der Waals surface area (Å²) in [7, 11) is 0. The van der Waals surface area contributed by atoms with E-state index in [2.05, 4.69) is 19.8 Å². The van der Waals surface area contributed by atoms with E-state index in [9.17, 15) is 9.59 Å². The van der Waals surface area contributed by atoms with Crippen LogP contribution in [0.1, 0.15) is 19.8 Å². The number of likely N-dealkylation sites (tertiary alicyclic amines) is 1. The number of para-hydroxylation sites is 1. The Morgan fingerprint density at radius 2 is 1.83 bits per heavy atom. The number of thioether (sulfide) groups is 1. The number of rotatable bonds is 7. The number of hydrogen-bond acceptors (Lipinski definition) is 8. The van der Waals surface area contributed by atoms with Crippen molar-refractivity contribution in [2.75, 3.05) is 61.4 Å². The number of nitrogens with zero attached hydrogens (tertiary/aromatic N) is 5. The summed E-state index contributed by atoms with van der Waals surface area (Å²) in [5, 5.41) is 1.56. The van der Waals surface area contributed by atoms with Gasteiger partial charge in [0.1, 0.15) is 11.0 Å². The maximum atomic E-state index is 12.8. The number of benzene rings is 1. The molecule has 35 heavy (non-hydrogen) atoms. The largest absolute Gasteiger partial charge is 0.466 e. The molecule has 4 rings (SSSR count). The third kappa shape index (κ3) is 6.71. The lowest BCUT2D eigenvalue weighted by Gasteiger charge is -2.37. The van der Waals surface area contributed by atoms with E-state index in [1.807, 2.05) is 24.3 Å². The molecule has 188 valence electrons. The molecular weight excluding hydrogens is 509 g/mol. The molecule has 0 aliphatic carbocycles. The third-order valence-corrected chi connectivity index (χ3v) is 7.52. The van der Waals surface area contributed by atoms with Crippen LogP contribution >= 0.6 is 35.0 Å². The molecule has 2 aromatic rings. The molecule has 1 atom stereocenters. The zero-order valence-electron chi connectivity index (χ0n) is 19.7. The summed E-state index contributed by atoms with van der Waals surface area (Å²) in [5.41, 5.74) is 1.03. The molecule has 11 heteroatoms. The Bertz CT molecular complexity index is 1050. The molecule has 0 radical (unpaired) electrons. The highest BCUT2D eigenvalue weighted by molar-refractivity contribution is 7.99. The lowest BCUT2D eigenvalue weighted by Crippen LogP contribution is -2.47. The summed E-state index contributed by atoms with van der Waals surface area (Å²) in [4.78, 5) is 40.0. The molecular formula is C24H29Cl2N5O3S. The van der Waals surface area contributed by atoms with Gasteiger partial charge in [0.25, 0.3) is 0 Å². The molecule has 1 unspecified atom stereocenters. The number of hydrogen-bond donors (Lipinski definition) is 0. The van der Waals surface area contributed by atoms with Crippen LogP contribution < -0.4 is 9.80 Å². The van der Waals surface area contributed by atoms with Gasteiger partial charge < -0.3 is 19.4 Å². The molecule has 0 saturated carbocycles. The van der Waals surface area contributed by atoms with Crippen molar-refractivity contribution in [1.29, 1.82) is 0 Å². The predicted octanol–water partition coefficient (Wildman–Crippen LogP) is 4.00. The summed E-state index contributed by atoms with van der Waals surface area (Å²) in [6, 6.07) is 9.61. The van der Waals surface area contributed by atoms with E-state index in [4.69, 9.17) is 27.9 Å². The lowest BCUT2D eigenvalue weighted by atomic mass is 9.98. The van der Waals surface area contributed by atoms with Crippen molar-refractivity contribution in [3.8, 4) is 0 Å². The number of halogens is 2. The zero-order valence-corrected chi connectivity index (χ0v) is 22.0. The fourth-order valence-corrected chi connectivity index (χ4v) is 5.61. The van der Waals surface area contributed by atoms with Gasteiger partial charge in [-0.15, -0.1) is 0 Å². The monoisotopic (exact) mass is 537 g/mol. The summed E-state index contributed by atoms with van der Waals surface area (Å²) < 4.78 is 5.13. The molecule has 2 fully saturated rings. The number of ether oxygens (including phenoxy) is 1. The van der Waals surface area contributed by atoms with Gasteiger partial charge in [-0.1, -0.05) is 47.1 Å². The molecule has 2 saturated heterocycles. The zero-order chi connectivity index (χ0) is 24.8. The average Bonchev–Trinajstić information content (AvgIpc) is 2.87. The van der Waals surface area contributed by atoms with Crippen LogP contribution in [0.15, 0.2) is 35.5 Å². The fraction of sp³-hybridized carbons (Fsp3) is 0.500. The van der Waals surface area contributed by atoms with Gasteiger partial charge in [-0.3, -0.25) is 9.59 Å². The van der Waals surface area contributed by atoms with E-state index in [0.717, 1.165) is 55.5 Å². The SMILES string of the molecule is CCOC(=O)C1CCCN(C(=O)CSc2nc(Cl)cc(N3CCN(c4ccccc4Cl)CC3)n2)C1. The average molecular weight is 539 g/mol. The summed E-state index contributed by atoms with van der Waals surface area (Å²) in [6.45, 7) is 6.34. The van der Waals surface area contributed by atoms with E-state index in [1.165, 1.54) is 11.8 Å². The topological polar surface area (TPSA) is 78.9 Å². The standard InChI is InChI=1S/C24H29Cl2N5O3S/c1-2-34-23(33)17-6-5-9-31(15-17)22(32)16-35-24-27-20(26)14-21(28-24)30-12-10-29(11-13-30)19-8-4-3-7-18(19)25/h3-4,7-8,14,17H,2,5-6,9-13,15-16H2,1H3. The minimum absolute atomic E-state index is 0.0394. The molecule has 0 bridgehead atoms. The normalized spacial score (nSPS) is 18.5. The first kappa shape index (κ1) is 25.9. The summed E-state index contributed by atoms with van der Waals surface area (Å²) in [6.07, 6.45) is 1.54. The molecule has 0 spiro atoms. The number of amides is 1. The Kier molecular flexibility index (Phi) is 8.97. The molecule has 2 aliphatic heterocycles. The van der Waals surface area contributed by atoms with Crippen LogP contribution in [0.5, 0.6) is 0 Å². The van der Waals surface area contributed by atoms with E-state index < -0.39 is 0 Å². The summed E-state index contributed by atoms with van der Waals surface area (Å²) >= 11 is 13.9. The van der Waals surface area contributed by atoms with Crippen molar-refractivity contribution in [2.45, 2.75) is 24.9 Å². The molecule has 1 amide bonds. The Balaban J connectivity index is 1.33. The Hall–Kier alpha value is -2.23. The van der Waals surface area contributed by atoms with E-state index in [1.54, 1.807) is 17.9 Å². The Labute approximate surface area is 219 Å². The number of carbonyl (C=O) groups excluding carboxylic acids is 2. The van der Waals surface area contributed by atoms with Crippen LogP contribution in [0.2, 0.25) is 10.2 Å². The maximum Gasteiger partial charge on any atom is 0.310 e. The number of aromatic nitrogens is 2. The first-order valence-electron chi connectivity index (χ1n) is 11.8. The maximum absolute atomic E-state index is 12.8. The number of piperidine rings is 1. The fourth-order valence-electron chi connectivity index (χ4n) is 4.37. The van der Waals surface area contributed by atoms with Crippen molar-refractivity contribution < 1.29 is 14.3 Å². The third-order valence-electron chi connectivity index (χ3n) is 6.18.